The molecule has 0 unspecified atom stereocenters. The lowest BCUT2D eigenvalue weighted by Gasteiger charge is -2.14. The zero-order valence-electron chi connectivity index (χ0n) is 11.8. The van der Waals surface area contributed by atoms with Gasteiger partial charge in [0.25, 0.3) is 0 Å². The van der Waals surface area contributed by atoms with E-state index in [1.54, 1.807) is 0 Å². The molecule has 1 aromatic carbocycles. The minimum Gasteiger partial charge on any atom is -0.355 e. The number of nitrogens with one attached hydrogen (secondary N) is 1. The quantitative estimate of drug-likeness (QED) is 0.797. The smallest absolute Gasteiger partial charge is 0.224 e. The van der Waals surface area contributed by atoms with E-state index in [1.807, 2.05) is 6.07 Å². The second-order valence-corrected chi connectivity index (χ2v) is 6.60. The molecule has 1 aliphatic rings. The van der Waals surface area contributed by atoms with Gasteiger partial charge in [0.2, 0.25) is 5.91 Å². The summed E-state index contributed by atoms with van der Waals surface area (Å²) in [6.45, 7) is 5.02. The van der Waals surface area contributed by atoms with Crippen LogP contribution in [0, 0.1) is 19.3 Å². The first kappa shape index (κ1) is 14.6. The summed E-state index contributed by atoms with van der Waals surface area (Å²) >= 11 is 3.49. The zero-order chi connectivity index (χ0) is 13.9. The molecule has 0 saturated heterocycles. The molecule has 0 radical (unpaired) electrons. The van der Waals surface area contributed by atoms with Crippen molar-refractivity contribution >= 4 is 21.8 Å². The van der Waals surface area contributed by atoms with Gasteiger partial charge in [-0.2, -0.15) is 0 Å². The Balaban J connectivity index is 1.82. The van der Waals surface area contributed by atoms with E-state index in [9.17, 15) is 4.79 Å². The SMILES string of the molecule is Cc1ccc(CC(=O)NCC2(CCBr)CC2)cc1C. The number of carbonyl (C=O) groups excluding carboxylic acids is 1. The predicted octanol–water partition coefficient (Wildman–Crippen LogP) is 3.53. The van der Waals surface area contributed by atoms with Gasteiger partial charge in [-0.15, -0.1) is 0 Å². The molecule has 0 bridgehead atoms. The lowest BCUT2D eigenvalue weighted by molar-refractivity contribution is -0.120. The fourth-order valence-corrected chi connectivity index (χ4v) is 3.18. The molecule has 1 aromatic rings. The summed E-state index contributed by atoms with van der Waals surface area (Å²) in [6, 6.07) is 6.25. The van der Waals surface area contributed by atoms with E-state index < -0.39 is 0 Å². The van der Waals surface area contributed by atoms with Crippen molar-refractivity contribution in [1.29, 1.82) is 0 Å². The Bertz CT molecular complexity index is 466. The predicted molar refractivity (Wildman–Crippen MR) is 82.7 cm³/mol. The number of hydrogen-bond acceptors (Lipinski definition) is 1. The number of amides is 1. The number of aryl methyl sites for hydroxylation is 2. The second-order valence-electron chi connectivity index (χ2n) is 5.81. The highest BCUT2D eigenvalue weighted by Crippen LogP contribution is 2.48. The van der Waals surface area contributed by atoms with Crippen molar-refractivity contribution in [3.8, 4) is 0 Å². The molecule has 1 N–H and O–H groups in total. The first-order chi connectivity index (χ1) is 9.04. The molecule has 2 nitrogen and oxygen atoms in total. The maximum absolute atomic E-state index is 12.0. The maximum atomic E-state index is 12.0. The third-order valence-electron chi connectivity index (χ3n) is 4.18. The minimum atomic E-state index is 0.143. The molecule has 1 amide bonds. The monoisotopic (exact) mass is 323 g/mol. The summed E-state index contributed by atoms with van der Waals surface area (Å²) < 4.78 is 0. The van der Waals surface area contributed by atoms with E-state index in [1.165, 1.54) is 24.0 Å². The fraction of sp³-hybridized carbons (Fsp3) is 0.562. The van der Waals surface area contributed by atoms with Crippen LogP contribution in [0.1, 0.15) is 36.0 Å². The highest BCUT2D eigenvalue weighted by atomic mass is 79.9. The Hall–Kier alpha value is -0.830. The van der Waals surface area contributed by atoms with Crippen LogP contribution >= 0.6 is 15.9 Å². The van der Waals surface area contributed by atoms with Crippen LogP contribution in [0.25, 0.3) is 0 Å². The zero-order valence-corrected chi connectivity index (χ0v) is 13.3. The third kappa shape index (κ3) is 4.07. The van der Waals surface area contributed by atoms with Crippen LogP contribution in [0.4, 0.5) is 0 Å². The van der Waals surface area contributed by atoms with Crippen molar-refractivity contribution in [1.82, 2.24) is 5.32 Å². The number of carbonyl (C=O) groups is 1. The number of benzene rings is 1. The van der Waals surface area contributed by atoms with Crippen molar-refractivity contribution < 1.29 is 4.79 Å². The lowest BCUT2D eigenvalue weighted by Crippen LogP contribution is -2.31. The molecule has 1 saturated carbocycles. The van der Waals surface area contributed by atoms with E-state index in [0.717, 1.165) is 23.9 Å². The largest absolute Gasteiger partial charge is 0.355 e. The van der Waals surface area contributed by atoms with Crippen LogP contribution < -0.4 is 5.32 Å². The van der Waals surface area contributed by atoms with Crippen LogP contribution in [0.5, 0.6) is 0 Å². The van der Waals surface area contributed by atoms with Crippen molar-refractivity contribution in [2.24, 2.45) is 5.41 Å². The topological polar surface area (TPSA) is 29.1 Å². The van der Waals surface area contributed by atoms with Gasteiger partial charge in [-0.1, -0.05) is 34.1 Å². The van der Waals surface area contributed by atoms with Gasteiger partial charge in [0.05, 0.1) is 6.42 Å². The third-order valence-corrected chi connectivity index (χ3v) is 4.57. The van der Waals surface area contributed by atoms with Gasteiger partial charge in [0.15, 0.2) is 0 Å². The molecule has 1 fully saturated rings. The Morgan fingerprint density at radius 2 is 2.05 bits per heavy atom. The molecule has 0 atom stereocenters. The van der Waals surface area contributed by atoms with Crippen LogP contribution in [0.3, 0.4) is 0 Å². The average molecular weight is 324 g/mol. The van der Waals surface area contributed by atoms with E-state index >= 15 is 0 Å². The van der Waals surface area contributed by atoms with Gasteiger partial charge < -0.3 is 5.32 Å². The normalized spacial score (nSPS) is 16.2. The molecule has 0 spiro atoms. The Morgan fingerprint density at radius 3 is 2.63 bits per heavy atom. The van der Waals surface area contributed by atoms with Crippen molar-refractivity contribution in [3.05, 3.63) is 34.9 Å². The standard InChI is InChI=1S/C16H22BrNO/c1-12-3-4-14(9-13(12)2)10-15(19)18-11-16(5-6-16)7-8-17/h3-4,9H,5-8,10-11H2,1-2H3,(H,18,19). The maximum Gasteiger partial charge on any atom is 0.224 e. The number of rotatable bonds is 6. The number of halogens is 1. The summed E-state index contributed by atoms with van der Waals surface area (Å²) in [5.74, 6) is 0.143. The number of alkyl halides is 1. The van der Waals surface area contributed by atoms with Crippen molar-refractivity contribution in [2.45, 2.75) is 39.5 Å². The highest BCUT2D eigenvalue weighted by Gasteiger charge is 2.41. The molecule has 0 aliphatic heterocycles. The van der Waals surface area contributed by atoms with Gasteiger partial charge in [-0.25, -0.2) is 0 Å². The van der Waals surface area contributed by atoms with Crippen LogP contribution in [0.15, 0.2) is 18.2 Å². The van der Waals surface area contributed by atoms with Crippen LogP contribution in [-0.2, 0) is 11.2 Å². The van der Waals surface area contributed by atoms with Gasteiger partial charge in [-0.3, -0.25) is 4.79 Å². The Morgan fingerprint density at radius 1 is 1.32 bits per heavy atom. The van der Waals surface area contributed by atoms with E-state index in [4.69, 9.17) is 0 Å². The van der Waals surface area contributed by atoms with Gasteiger partial charge in [0.1, 0.15) is 0 Å². The van der Waals surface area contributed by atoms with Crippen molar-refractivity contribution in [2.75, 3.05) is 11.9 Å². The van der Waals surface area contributed by atoms with Crippen LogP contribution in [0.2, 0.25) is 0 Å². The molecular weight excluding hydrogens is 302 g/mol. The Kier molecular flexibility index (Phi) is 4.67. The Labute approximate surface area is 124 Å². The summed E-state index contributed by atoms with van der Waals surface area (Å²) in [5.41, 5.74) is 4.02. The lowest BCUT2D eigenvalue weighted by atomic mass is 10.0. The molecule has 2 rings (SSSR count). The summed E-state index contributed by atoms with van der Waals surface area (Å²) in [5, 5.41) is 4.12. The average Bonchev–Trinajstić information content (AvgIpc) is 3.12. The van der Waals surface area contributed by atoms with Gasteiger partial charge in [-0.05, 0) is 55.2 Å². The van der Waals surface area contributed by atoms with Crippen molar-refractivity contribution in [3.63, 3.8) is 0 Å². The molecule has 0 aromatic heterocycles. The summed E-state index contributed by atoms with van der Waals surface area (Å²) in [4.78, 5) is 12.0. The number of hydrogen-bond donors (Lipinski definition) is 1. The molecule has 1 aliphatic carbocycles. The first-order valence-corrected chi connectivity index (χ1v) is 8.06. The molecular formula is C16H22BrNO. The van der Waals surface area contributed by atoms with E-state index in [-0.39, 0.29) is 5.91 Å². The molecule has 19 heavy (non-hydrogen) atoms. The second kappa shape index (κ2) is 6.08. The fourth-order valence-electron chi connectivity index (χ4n) is 2.34. The van der Waals surface area contributed by atoms with E-state index in [0.29, 0.717) is 11.8 Å². The van der Waals surface area contributed by atoms with Gasteiger partial charge in [0, 0.05) is 11.9 Å². The molecule has 0 heterocycles. The molecule has 104 valence electrons. The summed E-state index contributed by atoms with van der Waals surface area (Å²) in [6.07, 6.45) is 4.16. The van der Waals surface area contributed by atoms with Gasteiger partial charge >= 0.3 is 0 Å². The summed E-state index contributed by atoms with van der Waals surface area (Å²) in [7, 11) is 0. The minimum absolute atomic E-state index is 0.143. The first-order valence-electron chi connectivity index (χ1n) is 6.93. The van der Waals surface area contributed by atoms with Crippen LogP contribution in [-0.4, -0.2) is 17.8 Å². The molecule has 3 heteroatoms. The van der Waals surface area contributed by atoms with E-state index in [2.05, 4.69) is 47.2 Å². The highest BCUT2D eigenvalue weighted by molar-refractivity contribution is 9.09.